The number of fused-ring (bicyclic) bond motifs is 1. The number of ether oxygens (including phenoxy) is 1. The largest absolute Gasteiger partial charge is 0.457 e. The zero-order valence-electron chi connectivity index (χ0n) is 18.6. The minimum atomic E-state index is -1.04. The smallest absolute Gasteiger partial charge is 0.164 e. The van der Waals surface area contributed by atoms with Crippen molar-refractivity contribution < 1.29 is 9.13 Å². The summed E-state index contributed by atoms with van der Waals surface area (Å²) in [6.07, 6.45) is 1.05. The Hall–Kier alpha value is -3.56. The van der Waals surface area contributed by atoms with Gasteiger partial charge in [0.25, 0.3) is 0 Å². The summed E-state index contributed by atoms with van der Waals surface area (Å²) in [5.41, 5.74) is 8.32. The molecule has 8 nitrogen and oxygen atoms in total. The number of nitrogens with one attached hydrogen (secondary N) is 1. The molecule has 0 radical (unpaired) electrons. The fourth-order valence-corrected chi connectivity index (χ4v) is 4.79. The van der Waals surface area contributed by atoms with Gasteiger partial charge in [-0.3, -0.25) is 4.90 Å². The lowest BCUT2D eigenvalue weighted by atomic mass is 9.99. The summed E-state index contributed by atoms with van der Waals surface area (Å²) < 4.78 is 23.0. The number of alkyl halides is 1. The lowest BCUT2D eigenvalue weighted by Crippen LogP contribution is -2.60. The first-order valence-corrected chi connectivity index (χ1v) is 11.6. The van der Waals surface area contributed by atoms with Crippen LogP contribution in [0.4, 0.5) is 10.2 Å². The number of aromatic nitrogens is 4. The van der Waals surface area contributed by atoms with Gasteiger partial charge in [-0.25, -0.2) is 19.0 Å². The van der Waals surface area contributed by atoms with Crippen LogP contribution in [0.2, 0.25) is 0 Å². The van der Waals surface area contributed by atoms with Crippen LogP contribution in [0.1, 0.15) is 12.5 Å². The van der Waals surface area contributed by atoms with Gasteiger partial charge in [0.2, 0.25) is 0 Å². The van der Waals surface area contributed by atoms with E-state index in [2.05, 4.69) is 20.2 Å². The lowest BCUT2D eigenvalue weighted by molar-refractivity contribution is 0.0401. The lowest BCUT2D eigenvalue weighted by Gasteiger charge is -2.43. The van der Waals surface area contributed by atoms with Gasteiger partial charge < -0.3 is 15.8 Å². The Balaban J connectivity index is 1.32. The SMILES string of the molecule is Nc1ncnc2c1c(-c1ccc(Oc3ccccc3)cc1)nn2C1CCN(C2CNC2)CC1F. The van der Waals surface area contributed by atoms with Crippen molar-refractivity contribution >= 4 is 16.9 Å². The molecular formula is C25H26FN7O. The molecule has 6 rings (SSSR count). The number of nitrogens with two attached hydrogens (primary N) is 1. The predicted molar refractivity (Wildman–Crippen MR) is 128 cm³/mol. The Bertz CT molecular complexity index is 1290. The molecule has 0 spiro atoms. The van der Waals surface area contributed by atoms with Crippen molar-refractivity contribution in [2.75, 3.05) is 31.9 Å². The first-order chi connectivity index (χ1) is 16.7. The molecule has 2 aromatic carbocycles. The molecule has 2 aliphatic rings. The first-order valence-electron chi connectivity index (χ1n) is 11.6. The van der Waals surface area contributed by atoms with Crippen molar-refractivity contribution in [1.29, 1.82) is 0 Å². The second kappa shape index (κ2) is 8.66. The van der Waals surface area contributed by atoms with E-state index in [1.54, 1.807) is 4.68 Å². The van der Waals surface area contributed by atoms with Gasteiger partial charge in [0.1, 0.15) is 35.5 Å². The summed E-state index contributed by atoms with van der Waals surface area (Å²) in [6.45, 7) is 3.10. The van der Waals surface area contributed by atoms with E-state index in [0.717, 1.165) is 30.9 Å². The summed E-state index contributed by atoms with van der Waals surface area (Å²) in [6, 6.07) is 17.3. The number of para-hydroxylation sites is 1. The molecule has 2 aliphatic heterocycles. The van der Waals surface area contributed by atoms with Crippen LogP contribution in [-0.2, 0) is 0 Å². The van der Waals surface area contributed by atoms with Crippen LogP contribution >= 0.6 is 0 Å². The highest BCUT2D eigenvalue weighted by atomic mass is 19.1. The Morgan fingerprint density at radius 3 is 2.47 bits per heavy atom. The van der Waals surface area contributed by atoms with Crippen LogP contribution in [0.15, 0.2) is 60.9 Å². The third-order valence-electron chi connectivity index (χ3n) is 6.75. The van der Waals surface area contributed by atoms with E-state index in [1.807, 2.05) is 54.6 Å². The molecule has 0 bridgehead atoms. The summed E-state index contributed by atoms with van der Waals surface area (Å²) in [5.74, 6) is 1.81. The molecule has 2 aromatic heterocycles. The van der Waals surface area contributed by atoms with Gasteiger partial charge in [-0.15, -0.1) is 0 Å². The molecular weight excluding hydrogens is 433 g/mol. The quantitative estimate of drug-likeness (QED) is 0.472. The topological polar surface area (TPSA) is 94.1 Å². The summed E-state index contributed by atoms with van der Waals surface area (Å²) >= 11 is 0. The van der Waals surface area contributed by atoms with Crippen LogP contribution in [0, 0.1) is 0 Å². The Morgan fingerprint density at radius 2 is 1.76 bits per heavy atom. The Labute approximate surface area is 196 Å². The van der Waals surface area contributed by atoms with Crippen LogP contribution in [0.5, 0.6) is 11.5 Å². The first kappa shape index (κ1) is 21.0. The molecule has 3 N–H and O–H groups in total. The molecule has 34 heavy (non-hydrogen) atoms. The number of nitrogens with zero attached hydrogens (tertiary/aromatic N) is 5. The monoisotopic (exact) mass is 459 g/mol. The van der Waals surface area contributed by atoms with E-state index in [9.17, 15) is 0 Å². The standard InChI is InChI=1S/C25H26FN7O/c26-20-14-32(17-12-28-13-17)11-10-21(20)33-25-22(24(27)29-15-30-25)23(31-33)16-6-8-19(9-7-16)34-18-4-2-1-3-5-18/h1-9,15,17,20-21,28H,10-14H2,(H2,27,29,30). The number of rotatable bonds is 5. The number of hydrogen-bond acceptors (Lipinski definition) is 7. The number of halogens is 1. The second-order valence-corrected chi connectivity index (χ2v) is 8.87. The minimum Gasteiger partial charge on any atom is -0.457 e. The average Bonchev–Trinajstić information content (AvgIpc) is 3.20. The fourth-order valence-electron chi connectivity index (χ4n) is 4.79. The van der Waals surface area contributed by atoms with Gasteiger partial charge in [0.05, 0.1) is 11.4 Å². The number of likely N-dealkylation sites (tertiary alicyclic amines) is 1. The van der Waals surface area contributed by atoms with Crippen LogP contribution in [0.25, 0.3) is 22.3 Å². The fraction of sp³-hybridized carbons (Fsp3) is 0.320. The molecule has 2 unspecified atom stereocenters. The van der Waals surface area contributed by atoms with Crippen molar-refractivity contribution in [3.63, 3.8) is 0 Å². The zero-order valence-corrected chi connectivity index (χ0v) is 18.6. The molecule has 4 aromatic rings. The van der Waals surface area contributed by atoms with Gasteiger partial charge in [-0.05, 0) is 42.8 Å². The Kier molecular flexibility index (Phi) is 5.35. The molecule has 174 valence electrons. The second-order valence-electron chi connectivity index (χ2n) is 8.87. The van der Waals surface area contributed by atoms with Gasteiger partial charge >= 0.3 is 0 Å². The average molecular weight is 460 g/mol. The van der Waals surface area contributed by atoms with E-state index in [4.69, 9.17) is 15.6 Å². The molecule has 0 saturated carbocycles. The maximum Gasteiger partial charge on any atom is 0.164 e. The molecule has 9 heteroatoms. The molecule has 2 fully saturated rings. The molecule has 4 heterocycles. The van der Waals surface area contributed by atoms with E-state index < -0.39 is 12.2 Å². The number of nitrogen functional groups attached to an aromatic ring is 1. The summed E-state index contributed by atoms with van der Waals surface area (Å²) in [7, 11) is 0. The third-order valence-corrected chi connectivity index (χ3v) is 6.75. The van der Waals surface area contributed by atoms with Gasteiger partial charge in [-0.2, -0.15) is 5.10 Å². The van der Waals surface area contributed by atoms with E-state index >= 15 is 4.39 Å². The van der Waals surface area contributed by atoms with E-state index in [0.29, 0.717) is 47.3 Å². The summed E-state index contributed by atoms with van der Waals surface area (Å²) in [5, 5.41) is 8.75. The van der Waals surface area contributed by atoms with Crippen molar-refractivity contribution in [3.8, 4) is 22.8 Å². The van der Waals surface area contributed by atoms with Crippen LogP contribution in [-0.4, -0.2) is 63.0 Å². The number of hydrogen-bond donors (Lipinski definition) is 2. The highest BCUT2D eigenvalue weighted by Gasteiger charge is 2.37. The highest BCUT2D eigenvalue weighted by molar-refractivity contribution is 5.98. The third kappa shape index (κ3) is 3.76. The van der Waals surface area contributed by atoms with E-state index in [1.165, 1.54) is 6.33 Å². The summed E-state index contributed by atoms with van der Waals surface area (Å²) in [4.78, 5) is 10.9. The van der Waals surface area contributed by atoms with Gasteiger partial charge in [0, 0.05) is 37.8 Å². The van der Waals surface area contributed by atoms with Crippen molar-refractivity contribution in [2.24, 2.45) is 0 Å². The highest BCUT2D eigenvalue weighted by Crippen LogP contribution is 2.36. The van der Waals surface area contributed by atoms with Gasteiger partial charge in [-0.1, -0.05) is 18.2 Å². The minimum absolute atomic E-state index is 0.337. The predicted octanol–water partition coefficient (Wildman–Crippen LogP) is 3.42. The number of anilines is 1. The normalized spacial score (nSPS) is 21.4. The molecule has 2 saturated heterocycles. The number of piperidine rings is 1. The van der Waals surface area contributed by atoms with Crippen molar-refractivity contribution in [1.82, 2.24) is 30.0 Å². The number of benzene rings is 2. The van der Waals surface area contributed by atoms with Crippen molar-refractivity contribution in [3.05, 3.63) is 60.9 Å². The maximum absolute atomic E-state index is 15.4. The van der Waals surface area contributed by atoms with Crippen LogP contribution < -0.4 is 15.8 Å². The zero-order chi connectivity index (χ0) is 23.1. The molecule has 0 amide bonds. The molecule has 2 atom stereocenters. The van der Waals surface area contributed by atoms with E-state index in [-0.39, 0.29) is 0 Å². The van der Waals surface area contributed by atoms with Gasteiger partial charge in [0.15, 0.2) is 5.65 Å². The maximum atomic E-state index is 15.4. The van der Waals surface area contributed by atoms with Crippen LogP contribution in [0.3, 0.4) is 0 Å². The molecule has 0 aliphatic carbocycles. The van der Waals surface area contributed by atoms with Crippen molar-refractivity contribution in [2.45, 2.75) is 24.7 Å². The Morgan fingerprint density at radius 1 is 1.00 bits per heavy atom.